The summed E-state index contributed by atoms with van der Waals surface area (Å²) in [6.07, 6.45) is 1.22. The Balaban J connectivity index is 2.83. The monoisotopic (exact) mass is 121 g/mol. The maximum Gasteiger partial charge on any atom is 0.109 e. The van der Waals surface area contributed by atoms with Crippen LogP contribution < -0.4 is 0 Å². The lowest BCUT2D eigenvalue weighted by molar-refractivity contribution is 0.0701. The van der Waals surface area contributed by atoms with Crippen LogP contribution in [0.25, 0.3) is 0 Å². The SMILES string of the molecule is CSCC(O)C[O]. The second-order valence-corrected chi connectivity index (χ2v) is 2.19. The van der Waals surface area contributed by atoms with Crippen LogP contribution in [0, 0.1) is 0 Å². The molecule has 1 radical (unpaired) electrons. The number of hydrogen-bond donors (Lipinski definition) is 1. The third kappa shape index (κ3) is 4.12. The van der Waals surface area contributed by atoms with E-state index in [0.29, 0.717) is 5.75 Å². The molecule has 2 nitrogen and oxygen atoms in total. The molecular formula is C4H9O2S. The summed E-state index contributed by atoms with van der Waals surface area (Å²) in [6.45, 7) is -0.374. The molecule has 0 amide bonds. The van der Waals surface area contributed by atoms with Gasteiger partial charge in [0.1, 0.15) is 6.61 Å². The fourth-order valence-corrected chi connectivity index (χ4v) is 0.721. The Kier molecular flexibility index (Phi) is 4.60. The Labute approximate surface area is 47.5 Å². The van der Waals surface area contributed by atoms with Gasteiger partial charge in [-0.2, -0.15) is 11.8 Å². The summed E-state index contributed by atoms with van der Waals surface area (Å²) in [5.74, 6) is 0.559. The van der Waals surface area contributed by atoms with E-state index in [1.54, 1.807) is 0 Å². The Morgan fingerprint density at radius 1 is 1.86 bits per heavy atom. The lowest BCUT2D eigenvalue weighted by Gasteiger charge is -1.99. The molecule has 0 aliphatic carbocycles. The van der Waals surface area contributed by atoms with Gasteiger partial charge >= 0.3 is 0 Å². The largest absolute Gasteiger partial charge is 0.390 e. The van der Waals surface area contributed by atoms with Gasteiger partial charge in [0.2, 0.25) is 0 Å². The van der Waals surface area contributed by atoms with E-state index in [0.717, 1.165) is 0 Å². The summed E-state index contributed by atoms with van der Waals surface area (Å²) in [4.78, 5) is 0. The van der Waals surface area contributed by atoms with Crippen LogP contribution in [0.1, 0.15) is 0 Å². The molecule has 0 saturated heterocycles. The van der Waals surface area contributed by atoms with Crippen molar-refractivity contribution >= 4 is 11.8 Å². The number of thioether (sulfide) groups is 1. The molecule has 43 valence electrons. The first-order valence-corrected chi connectivity index (χ1v) is 3.45. The Morgan fingerprint density at radius 3 is 2.57 bits per heavy atom. The van der Waals surface area contributed by atoms with Crippen molar-refractivity contribution in [1.82, 2.24) is 0 Å². The second-order valence-electron chi connectivity index (χ2n) is 1.28. The number of hydrogen-bond acceptors (Lipinski definition) is 2. The van der Waals surface area contributed by atoms with Crippen LogP contribution in [0.2, 0.25) is 0 Å². The molecule has 3 heteroatoms. The molecule has 7 heavy (non-hydrogen) atoms. The van der Waals surface area contributed by atoms with Crippen molar-refractivity contribution in [1.29, 1.82) is 0 Å². The van der Waals surface area contributed by atoms with Gasteiger partial charge in [0.05, 0.1) is 6.10 Å². The lowest BCUT2D eigenvalue weighted by Crippen LogP contribution is -2.13. The molecule has 0 heterocycles. The number of rotatable bonds is 3. The standard InChI is InChI=1S/C4H9O2S/c1-7-3-4(6)2-5/h4,6H,2-3H2,1H3. The molecule has 0 aliphatic rings. The Hall–Kier alpha value is 0.270. The van der Waals surface area contributed by atoms with Crippen molar-refractivity contribution in [2.24, 2.45) is 0 Å². The zero-order valence-electron chi connectivity index (χ0n) is 4.26. The van der Waals surface area contributed by atoms with E-state index in [2.05, 4.69) is 0 Å². The van der Waals surface area contributed by atoms with E-state index in [-0.39, 0.29) is 6.61 Å². The van der Waals surface area contributed by atoms with Crippen molar-refractivity contribution in [2.45, 2.75) is 6.10 Å². The molecule has 0 aromatic carbocycles. The average molecular weight is 121 g/mol. The topological polar surface area (TPSA) is 40.1 Å². The summed E-state index contributed by atoms with van der Waals surface area (Å²) < 4.78 is 0. The predicted octanol–water partition coefficient (Wildman–Crippen LogP) is 0.141. The van der Waals surface area contributed by atoms with Crippen LogP contribution in [-0.2, 0) is 5.11 Å². The molecule has 0 bridgehead atoms. The highest BCUT2D eigenvalue weighted by Crippen LogP contribution is 1.94. The molecule has 0 aliphatic heterocycles. The Morgan fingerprint density at radius 2 is 2.43 bits per heavy atom. The van der Waals surface area contributed by atoms with Crippen LogP contribution in [0.3, 0.4) is 0 Å². The highest BCUT2D eigenvalue weighted by molar-refractivity contribution is 7.98. The van der Waals surface area contributed by atoms with Gasteiger partial charge in [-0.1, -0.05) is 0 Å². The minimum absolute atomic E-state index is 0.374. The van der Waals surface area contributed by atoms with Gasteiger partial charge in [-0.05, 0) is 6.26 Å². The molecule has 0 saturated carbocycles. The van der Waals surface area contributed by atoms with Crippen LogP contribution in [0.4, 0.5) is 0 Å². The zero-order chi connectivity index (χ0) is 5.70. The smallest absolute Gasteiger partial charge is 0.109 e. The van der Waals surface area contributed by atoms with Gasteiger partial charge in [-0.3, -0.25) is 0 Å². The van der Waals surface area contributed by atoms with Crippen molar-refractivity contribution in [3.63, 3.8) is 0 Å². The van der Waals surface area contributed by atoms with E-state index >= 15 is 0 Å². The molecule has 0 spiro atoms. The molecule has 0 aromatic rings. The normalized spacial score (nSPS) is 14.1. The highest BCUT2D eigenvalue weighted by Gasteiger charge is 1.97. The van der Waals surface area contributed by atoms with E-state index in [9.17, 15) is 5.11 Å². The van der Waals surface area contributed by atoms with E-state index in [1.807, 2.05) is 6.26 Å². The second kappa shape index (κ2) is 4.43. The average Bonchev–Trinajstić information content (AvgIpc) is 1.68. The van der Waals surface area contributed by atoms with Gasteiger partial charge in [-0.25, -0.2) is 5.11 Å². The maximum atomic E-state index is 9.76. The van der Waals surface area contributed by atoms with E-state index in [1.165, 1.54) is 11.8 Å². The molecule has 0 aromatic heterocycles. The fraction of sp³-hybridized carbons (Fsp3) is 1.00. The zero-order valence-corrected chi connectivity index (χ0v) is 5.07. The van der Waals surface area contributed by atoms with Gasteiger partial charge in [0.25, 0.3) is 0 Å². The lowest BCUT2D eigenvalue weighted by atomic mass is 10.4. The molecular weight excluding hydrogens is 112 g/mol. The van der Waals surface area contributed by atoms with Gasteiger partial charge < -0.3 is 5.11 Å². The van der Waals surface area contributed by atoms with Crippen molar-refractivity contribution in [3.05, 3.63) is 0 Å². The summed E-state index contributed by atoms with van der Waals surface area (Å²) >= 11 is 1.48. The first-order valence-electron chi connectivity index (χ1n) is 2.06. The summed E-state index contributed by atoms with van der Waals surface area (Å²) in [6, 6.07) is 0. The van der Waals surface area contributed by atoms with Crippen LogP contribution in [0.15, 0.2) is 0 Å². The van der Waals surface area contributed by atoms with E-state index < -0.39 is 6.10 Å². The summed E-state index contributed by atoms with van der Waals surface area (Å²) in [5.41, 5.74) is 0. The molecule has 1 N–H and O–H groups in total. The minimum atomic E-state index is -0.644. The Bertz CT molecular complexity index is 40.7. The molecule has 1 atom stereocenters. The van der Waals surface area contributed by atoms with Crippen LogP contribution >= 0.6 is 11.8 Å². The predicted molar refractivity (Wildman–Crippen MR) is 29.9 cm³/mol. The number of aliphatic hydroxyl groups excluding tert-OH is 1. The summed E-state index contributed by atoms with van der Waals surface area (Å²) in [7, 11) is 0. The van der Waals surface area contributed by atoms with Crippen molar-refractivity contribution in [2.75, 3.05) is 18.6 Å². The van der Waals surface area contributed by atoms with Crippen molar-refractivity contribution < 1.29 is 10.2 Å². The molecule has 1 unspecified atom stereocenters. The van der Waals surface area contributed by atoms with Gasteiger partial charge in [-0.15, -0.1) is 0 Å². The maximum absolute atomic E-state index is 9.76. The number of aliphatic hydroxyl groups is 1. The highest BCUT2D eigenvalue weighted by atomic mass is 32.2. The van der Waals surface area contributed by atoms with Crippen LogP contribution in [0.5, 0.6) is 0 Å². The third-order valence-electron chi connectivity index (χ3n) is 0.551. The molecule has 0 fully saturated rings. The molecule has 0 rings (SSSR count). The van der Waals surface area contributed by atoms with Gasteiger partial charge in [0.15, 0.2) is 0 Å². The first-order chi connectivity index (χ1) is 3.31. The van der Waals surface area contributed by atoms with Crippen molar-refractivity contribution in [3.8, 4) is 0 Å². The van der Waals surface area contributed by atoms with Crippen LogP contribution in [-0.4, -0.2) is 29.8 Å². The van der Waals surface area contributed by atoms with E-state index in [4.69, 9.17) is 5.11 Å². The van der Waals surface area contributed by atoms with Gasteiger partial charge in [0, 0.05) is 5.75 Å². The fourth-order valence-electron chi connectivity index (χ4n) is 0.240. The third-order valence-corrected chi connectivity index (χ3v) is 1.27. The summed E-state index contributed by atoms with van der Waals surface area (Å²) in [5, 5.41) is 18.3. The first kappa shape index (κ1) is 7.27. The quantitative estimate of drug-likeness (QED) is 0.577. The minimum Gasteiger partial charge on any atom is -0.390 e.